The number of benzene rings is 2. The quantitative estimate of drug-likeness (QED) is 0.892. The molecule has 0 aromatic heterocycles. The van der Waals surface area contributed by atoms with Crippen molar-refractivity contribution in [3.05, 3.63) is 65.2 Å². The Morgan fingerprint density at radius 3 is 2.79 bits per heavy atom. The van der Waals surface area contributed by atoms with Gasteiger partial charge < -0.3 is 5.32 Å². The molecule has 1 aliphatic carbocycles. The van der Waals surface area contributed by atoms with Gasteiger partial charge in [-0.1, -0.05) is 18.2 Å². The number of thioether (sulfide) groups is 1. The molecule has 3 unspecified atom stereocenters. The van der Waals surface area contributed by atoms with Gasteiger partial charge in [-0.05, 0) is 54.2 Å². The lowest BCUT2D eigenvalue weighted by molar-refractivity contribution is -0.123. The fraction of sp³-hybridized carbons (Fsp3) is 0.316. The smallest absolute Gasteiger partial charge is 0.224 e. The minimum absolute atomic E-state index is 0.0452. The topological polar surface area (TPSA) is 29.1 Å². The maximum absolute atomic E-state index is 13.8. The summed E-state index contributed by atoms with van der Waals surface area (Å²) in [5.41, 5.74) is 1.46. The number of nitrogens with one attached hydrogen (secondary N) is 1. The van der Waals surface area contributed by atoms with Crippen molar-refractivity contribution in [1.29, 1.82) is 0 Å². The van der Waals surface area contributed by atoms with Crippen LogP contribution in [0, 0.1) is 17.6 Å². The van der Waals surface area contributed by atoms with Gasteiger partial charge in [-0.3, -0.25) is 4.79 Å². The van der Waals surface area contributed by atoms with Crippen LogP contribution in [0.15, 0.2) is 47.4 Å². The summed E-state index contributed by atoms with van der Waals surface area (Å²) in [4.78, 5) is 13.6. The first kappa shape index (κ1) is 15.6. The first-order valence-corrected chi connectivity index (χ1v) is 9.09. The van der Waals surface area contributed by atoms with Crippen LogP contribution in [-0.2, 0) is 4.79 Å². The summed E-state index contributed by atoms with van der Waals surface area (Å²) < 4.78 is 27.4. The number of halogens is 2. The van der Waals surface area contributed by atoms with Crippen LogP contribution in [0.4, 0.5) is 8.78 Å². The van der Waals surface area contributed by atoms with E-state index in [0.717, 1.165) is 22.6 Å². The Bertz CT molecular complexity index is 795. The largest absolute Gasteiger partial charge is 0.349 e. The molecule has 1 N–H and O–H groups in total. The number of fused-ring (bicyclic) bond motifs is 1. The van der Waals surface area contributed by atoms with Gasteiger partial charge in [0.1, 0.15) is 11.6 Å². The van der Waals surface area contributed by atoms with Crippen LogP contribution in [-0.4, -0.2) is 11.7 Å². The Morgan fingerprint density at radius 2 is 1.96 bits per heavy atom. The van der Waals surface area contributed by atoms with E-state index < -0.39 is 0 Å². The standard InChI is InChI=1S/C19H17F2NOS/c20-11-5-6-18-15(9-11)17(7-8-24-18)22-19(23)14-10-13(14)12-3-1-2-4-16(12)21/h1-6,9,13-14,17H,7-8,10H2,(H,22,23). The maximum Gasteiger partial charge on any atom is 0.224 e. The second-order valence-corrected chi connectivity index (χ2v) is 7.49. The second-order valence-electron chi connectivity index (χ2n) is 6.35. The summed E-state index contributed by atoms with van der Waals surface area (Å²) in [5.74, 6) is 0.0655. The molecule has 0 radical (unpaired) electrons. The van der Waals surface area contributed by atoms with Gasteiger partial charge >= 0.3 is 0 Å². The van der Waals surface area contributed by atoms with E-state index in [2.05, 4.69) is 5.32 Å². The van der Waals surface area contributed by atoms with Crippen LogP contribution < -0.4 is 5.32 Å². The van der Waals surface area contributed by atoms with E-state index in [9.17, 15) is 13.6 Å². The Morgan fingerprint density at radius 1 is 1.12 bits per heavy atom. The fourth-order valence-electron chi connectivity index (χ4n) is 3.40. The van der Waals surface area contributed by atoms with E-state index in [0.29, 0.717) is 12.0 Å². The Balaban J connectivity index is 1.47. The Kier molecular flexibility index (Phi) is 4.04. The van der Waals surface area contributed by atoms with Gasteiger partial charge in [0.15, 0.2) is 0 Å². The summed E-state index contributed by atoms with van der Waals surface area (Å²) in [6.07, 6.45) is 1.45. The van der Waals surface area contributed by atoms with Crippen LogP contribution in [0.25, 0.3) is 0 Å². The zero-order chi connectivity index (χ0) is 16.7. The van der Waals surface area contributed by atoms with Crippen LogP contribution >= 0.6 is 11.8 Å². The van der Waals surface area contributed by atoms with Crippen molar-refractivity contribution in [1.82, 2.24) is 5.32 Å². The van der Waals surface area contributed by atoms with Gasteiger partial charge in [-0.25, -0.2) is 8.78 Å². The lowest BCUT2D eigenvalue weighted by Gasteiger charge is -2.26. The lowest BCUT2D eigenvalue weighted by atomic mass is 10.0. The van der Waals surface area contributed by atoms with Crippen molar-refractivity contribution < 1.29 is 13.6 Å². The predicted molar refractivity (Wildman–Crippen MR) is 89.9 cm³/mol. The summed E-state index contributed by atoms with van der Waals surface area (Å²) in [6.45, 7) is 0. The number of amides is 1. The molecule has 1 aliphatic heterocycles. The molecule has 5 heteroatoms. The van der Waals surface area contributed by atoms with Crippen molar-refractivity contribution in [2.75, 3.05) is 5.75 Å². The van der Waals surface area contributed by atoms with Gasteiger partial charge in [-0.2, -0.15) is 0 Å². The molecule has 2 aromatic rings. The van der Waals surface area contributed by atoms with E-state index in [1.807, 2.05) is 0 Å². The van der Waals surface area contributed by atoms with E-state index in [4.69, 9.17) is 0 Å². The highest BCUT2D eigenvalue weighted by Gasteiger charge is 2.45. The highest BCUT2D eigenvalue weighted by atomic mass is 32.2. The van der Waals surface area contributed by atoms with E-state index >= 15 is 0 Å². The second kappa shape index (κ2) is 6.20. The molecule has 3 atom stereocenters. The molecule has 2 nitrogen and oxygen atoms in total. The third kappa shape index (κ3) is 2.93. The normalized spacial score (nSPS) is 25.0. The lowest BCUT2D eigenvalue weighted by Crippen LogP contribution is -2.32. The minimum atomic E-state index is -0.286. The number of carbonyl (C=O) groups is 1. The molecule has 0 spiro atoms. The molecule has 2 aliphatic rings. The zero-order valence-electron chi connectivity index (χ0n) is 13.0. The van der Waals surface area contributed by atoms with E-state index in [1.165, 1.54) is 18.2 Å². The summed E-state index contributed by atoms with van der Waals surface area (Å²) >= 11 is 1.68. The third-order valence-electron chi connectivity index (χ3n) is 4.76. The molecule has 4 rings (SSSR count). The number of carbonyl (C=O) groups excluding carboxylic acids is 1. The average Bonchev–Trinajstić information content (AvgIpc) is 3.36. The first-order valence-electron chi connectivity index (χ1n) is 8.10. The fourth-order valence-corrected chi connectivity index (χ4v) is 4.50. The SMILES string of the molecule is O=C(NC1CCSc2ccc(F)cc21)C1CC1c1ccccc1F. The summed E-state index contributed by atoms with van der Waals surface area (Å²) in [6, 6.07) is 11.2. The van der Waals surface area contributed by atoms with Crippen LogP contribution in [0.3, 0.4) is 0 Å². The van der Waals surface area contributed by atoms with Gasteiger partial charge in [0.05, 0.1) is 6.04 Å². The molecule has 1 saturated carbocycles. The average molecular weight is 345 g/mol. The molecule has 1 amide bonds. The van der Waals surface area contributed by atoms with Gasteiger partial charge in [0.25, 0.3) is 0 Å². The van der Waals surface area contributed by atoms with Crippen molar-refractivity contribution >= 4 is 17.7 Å². The first-order chi connectivity index (χ1) is 11.6. The van der Waals surface area contributed by atoms with Gasteiger partial charge in [0, 0.05) is 16.6 Å². The highest BCUT2D eigenvalue weighted by molar-refractivity contribution is 7.99. The third-order valence-corrected chi connectivity index (χ3v) is 5.88. The van der Waals surface area contributed by atoms with Gasteiger partial charge in [0.2, 0.25) is 5.91 Å². The maximum atomic E-state index is 13.8. The van der Waals surface area contributed by atoms with E-state index in [-0.39, 0.29) is 35.4 Å². The van der Waals surface area contributed by atoms with Gasteiger partial charge in [-0.15, -0.1) is 11.8 Å². The summed E-state index contributed by atoms with van der Waals surface area (Å²) in [5, 5.41) is 3.04. The monoisotopic (exact) mass is 345 g/mol. The minimum Gasteiger partial charge on any atom is -0.349 e. The summed E-state index contributed by atoms with van der Waals surface area (Å²) in [7, 11) is 0. The number of hydrogen-bond acceptors (Lipinski definition) is 2. The molecule has 2 aromatic carbocycles. The van der Waals surface area contributed by atoms with Crippen LogP contribution in [0.2, 0.25) is 0 Å². The van der Waals surface area contributed by atoms with E-state index in [1.54, 1.807) is 36.0 Å². The Hall–Kier alpha value is -1.88. The molecule has 0 bridgehead atoms. The number of rotatable bonds is 3. The van der Waals surface area contributed by atoms with Crippen molar-refractivity contribution in [3.8, 4) is 0 Å². The zero-order valence-corrected chi connectivity index (χ0v) is 13.8. The molecule has 124 valence electrons. The van der Waals surface area contributed by atoms with Crippen molar-refractivity contribution in [3.63, 3.8) is 0 Å². The Labute approximate surface area is 143 Å². The molecule has 1 heterocycles. The molecular weight excluding hydrogens is 328 g/mol. The molecule has 0 saturated heterocycles. The van der Waals surface area contributed by atoms with Crippen molar-refractivity contribution in [2.45, 2.75) is 29.7 Å². The number of hydrogen-bond donors (Lipinski definition) is 1. The van der Waals surface area contributed by atoms with Crippen LogP contribution in [0.1, 0.15) is 35.9 Å². The predicted octanol–water partition coefficient (Wildman–Crippen LogP) is 4.42. The molecule has 24 heavy (non-hydrogen) atoms. The van der Waals surface area contributed by atoms with Crippen molar-refractivity contribution in [2.24, 2.45) is 5.92 Å². The van der Waals surface area contributed by atoms with Crippen LogP contribution in [0.5, 0.6) is 0 Å². The molecular formula is C19H17F2NOS. The molecule has 1 fully saturated rings. The highest BCUT2D eigenvalue weighted by Crippen LogP contribution is 2.49.